The molecular weight excluding hydrogens is 382 g/mol. The lowest BCUT2D eigenvalue weighted by atomic mass is 10.1. The summed E-state index contributed by atoms with van der Waals surface area (Å²) in [7, 11) is -4.60. The Labute approximate surface area is 155 Å². The van der Waals surface area contributed by atoms with Crippen LogP contribution in [0.4, 0.5) is 16.2 Å². The minimum absolute atomic E-state index is 0.244. The smallest absolute Gasteiger partial charge is 0.399 e. The summed E-state index contributed by atoms with van der Waals surface area (Å²) in [6, 6.07) is 4.34. The second-order valence-corrected chi connectivity index (χ2v) is 6.89. The van der Waals surface area contributed by atoms with Crippen LogP contribution in [0.3, 0.4) is 0 Å². The number of piperidine rings is 1. The third kappa shape index (κ3) is 6.25. The molecule has 6 N–H and O–H groups in total. The number of nitrogens with two attached hydrogens (primary N) is 2. The maximum Gasteiger partial charge on any atom is 0.418 e. The summed E-state index contributed by atoms with van der Waals surface area (Å²) < 4.78 is 33.5. The van der Waals surface area contributed by atoms with Crippen molar-refractivity contribution in [1.82, 2.24) is 15.4 Å². The summed E-state index contributed by atoms with van der Waals surface area (Å²) in [6.07, 6.45) is 1.97. The molecule has 1 aromatic rings. The summed E-state index contributed by atoms with van der Waals surface area (Å²) in [5.41, 5.74) is 15.1. The van der Waals surface area contributed by atoms with Crippen LogP contribution in [0.5, 0.6) is 0 Å². The van der Waals surface area contributed by atoms with Crippen molar-refractivity contribution in [3.8, 4) is 0 Å². The number of nitrogens with zero attached hydrogens (tertiary/aromatic N) is 2. The normalized spacial score (nSPS) is 18.7. The summed E-state index contributed by atoms with van der Waals surface area (Å²) in [4.78, 5) is 27.5. The lowest BCUT2D eigenvalue weighted by Crippen LogP contribution is -2.35. The van der Waals surface area contributed by atoms with Gasteiger partial charge < -0.3 is 16.4 Å². The van der Waals surface area contributed by atoms with Crippen molar-refractivity contribution in [2.75, 3.05) is 24.6 Å². The van der Waals surface area contributed by atoms with Crippen molar-refractivity contribution in [3.05, 3.63) is 23.8 Å². The molecule has 2 heterocycles. The standard InChI is InChI=1S/C8H11N3O2.C6H10N2O5S/c9-7-1-6(2-8(10)3-7)4-13-11-5-12;9-6-7-3-1-2-5(4-7)8(6)13-14(10,11)12/h1-3,5H,4,9-10H2,(H,11,12);5H,1-4H2,(H,10,11,12). The molecule has 0 radical (unpaired) electrons. The molecule has 2 aliphatic heterocycles. The van der Waals surface area contributed by atoms with Gasteiger partial charge in [-0.2, -0.15) is 13.5 Å². The van der Waals surface area contributed by atoms with Crippen molar-refractivity contribution < 1.29 is 31.7 Å². The fourth-order valence-electron chi connectivity index (χ4n) is 2.80. The first-order valence-corrected chi connectivity index (χ1v) is 9.27. The molecular formula is C14H21N5O7S. The maximum absolute atomic E-state index is 11.4. The largest absolute Gasteiger partial charge is 0.418 e. The molecule has 1 atom stereocenters. The van der Waals surface area contributed by atoms with Crippen LogP contribution in [0.15, 0.2) is 18.2 Å². The van der Waals surface area contributed by atoms with E-state index >= 15 is 0 Å². The first kappa shape index (κ1) is 20.7. The monoisotopic (exact) mass is 403 g/mol. The van der Waals surface area contributed by atoms with Gasteiger partial charge in [0.05, 0.1) is 12.6 Å². The predicted octanol–water partition coefficient (Wildman–Crippen LogP) is -0.351. The van der Waals surface area contributed by atoms with E-state index in [2.05, 4.69) is 9.76 Å². The molecule has 0 aromatic heterocycles. The first-order valence-electron chi connectivity index (χ1n) is 7.90. The molecule has 1 aromatic carbocycles. The zero-order valence-electron chi connectivity index (χ0n) is 14.3. The van der Waals surface area contributed by atoms with Crippen LogP contribution in [0, 0.1) is 0 Å². The molecule has 1 unspecified atom stereocenters. The van der Waals surface area contributed by atoms with E-state index < -0.39 is 16.4 Å². The van der Waals surface area contributed by atoms with Gasteiger partial charge >= 0.3 is 16.4 Å². The number of carbonyl (C=O) groups excluding carboxylic acids is 2. The molecule has 150 valence electrons. The van der Waals surface area contributed by atoms with Gasteiger partial charge in [-0.1, -0.05) is 0 Å². The zero-order chi connectivity index (χ0) is 20.0. The number of nitrogen functional groups attached to an aromatic ring is 2. The number of carbonyl (C=O) groups is 2. The van der Waals surface area contributed by atoms with E-state index in [9.17, 15) is 18.0 Å². The number of hydrogen-bond donors (Lipinski definition) is 4. The van der Waals surface area contributed by atoms with Gasteiger partial charge in [0.2, 0.25) is 6.41 Å². The Morgan fingerprint density at radius 3 is 2.52 bits per heavy atom. The summed E-state index contributed by atoms with van der Waals surface area (Å²) >= 11 is 0. The number of hydrogen-bond acceptors (Lipinski definition) is 8. The van der Waals surface area contributed by atoms with Crippen molar-refractivity contribution in [2.24, 2.45) is 0 Å². The fourth-order valence-corrected chi connectivity index (χ4v) is 3.19. The van der Waals surface area contributed by atoms with Gasteiger partial charge in [0.15, 0.2) is 0 Å². The number of rotatable bonds is 6. The van der Waals surface area contributed by atoms with Crippen LogP contribution < -0.4 is 16.9 Å². The molecule has 3 amide bonds. The molecule has 3 rings (SSSR count). The Balaban J connectivity index is 0.000000194. The van der Waals surface area contributed by atoms with E-state index in [4.69, 9.17) is 20.9 Å². The molecule has 12 nitrogen and oxygen atoms in total. The molecule has 2 bridgehead atoms. The molecule has 13 heteroatoms. The van der Waals surface area contributed by atoms with Crippen molar-refractivity contribution in [1.29, 1.82) is 0 Å². The lowest BCUT2D eigenvalue weighted by molar-refractivity contribution is -0.121. The van der Waals surface area contributed by atoms with Gasteiger partial charge in [-0.05, 0) is 36.6 Å². The third-order valence-electron chi connectivity index (χ3n) is 3.77. The number of amides is 3. The van der Waals surface area contributed by atoms with Crippen LogP contribution in [0.1, 0.15) is 18.4 Å². The Hall–Kier alpha value is -2.61. The average Bonchev–Trinajstić information content (AvgIpc) is 2.77. The molecule has 0 saturated carbocycles. The number of urea groups is 1. The summed E-state index contributed by atoms with van der Waals surface area (Å²) in [6.45, 7) is 1.32. The van der Waals surface area contributed by atoms with Crippen LogP contribution in [-0.2, 0) is 30.9 Å². The summed E-state index contributed by atoms with van der Waals surface area (Å²) in [5.74, 6) is 0. The molecule has 2 fully saturated rings. The van der Waals surface area contributed by atoms with Crippen LogP contribution >= 0.6 is 0 Å². The zero-order valence-corrected chi connectivity index (χ0v) is 15.1. The van der Waals surface area contributed by atoms with Gasteiger partial charge in [-0.3, -0.25) is 14.2 Å². The minimum atomic E-state index is -4.60. The number of hydroxylamine groups is 3. The molecule has 27 heavy (non-hydrogen) atoms. The molecule has 2 saturated heterocycles. The SMILES string of the molecule is Nc1cc(N)cc(CONC=O)c1.O=C1N2CCCC(C2)N1OS(=O)(=O)O. The second kappa shape index (κ2) is 8.85. The van der Waals surface area contributed by atoms with E-state index in [1.165, 1.54) is 4.90 Å². The van der Waals surface area contributed by atoms with E-state index in [-0.39, 0.29) is 12.6 Å². The van der Waals surface area contributed by atoms with Gasteiger partial charge in [-0.25, -0.2) is 10.3 Å². The van der Waals surface area contributed by atoms with E-state index in [0.717, 1.165) is 17.0 Å². The minimum Gasteiger partial charge on any atom is -0.399 e. The van der Waals surface area contributed by atoms with Crippen molar-refractivity contribution in [2.45, 2.75) is 25.5 Å². The van der Waals surface area contributed by atoms with Crippen LogP contribution in [0.2, 0.25) is 0 Å². The van der Waals surface area contributed by atoms with Gasteiger partial charge in [0, 0.05) is 24.5 Å². The summed E-state index contributed by atoms with van der Waals surface area (Å²) in [5, 5.41) is 0.738. The van der Waals surface area contributed by atoms with Crippen LogP contribution in [-0.4, -0.2) is 54.5 Å². The average molecular weight is 403 g/mol. The predicted molar refractivity (Wildman–Crippen MR) is 93.7 cm³/mol. The van der Waals surface area contributed by atoms with Gasteiger partial charge in [-0.15, -0.1) is 4.28 Å². The van der Waals surface area contributed by atoms with Crippen molar-refractivity contribution >= 4 is 34.2 Å². The van der Waals surface area contributed by atoms with Crippen molar-refractivity contribution in [3.63, 3.8) is 0 Å². The lowest BCUT2D eigenvalue weighted by Gasteiger charge is -2.20. The number of anilines is 2. The highest BCUT2D eigenvalue weighted by Crippen LogP contribution is 2.26. The number of benzene rings is 1. The van der Waals surface area contributed by atoms with E-state index in [1.807, 2.05) is 0 Å². The quantitative estimate of drug-likeness (QED) is 0.162. The number of nitrogens with one attached hydrogen (secondary N) is 1. The molecule has 0 aliphatic carbocycles. The highest BCUT2D eigenvalue weighted by atomic mass is 32.3. The Morgan fingerprint density at radius 1 is 1.30 bits per heavy atom. The fraction of sp³-hybridized carbons (Fsp3) is 0.429. The van der Waals surface area contributed by atoms with E-state index in [0.29, 0.717) is 37.3 Å². The maximum atomic E-state index is 11.4. The van der Waals surface area contributed by atoms with Gasteiger partial charge in [0.25, 0.3) is 0 Å². The van der Waals surface area contributed by atoms with Gasteiger partial charge in [0.1, 0.15) is 0 Å². The third-order valence-corrected chi connectivity index (χ3v) is 4.12. The highest BCUT2D eigenvalue weighted by molar-refractivity contribution is 7.80. The Morgan fingerprint density at radius 2 is 1.96 bits per heavy atom. The topological polar surface area (TPSA) is 178 Å². The molecule has 2 aliphatic rings. The molecule has 0 spiro atoms. The second-order valence-electron chi connectivity index (χ2n) is 5.89. The number of fused-ring (bicyclic) bond motifs is 2. The van der Waals surface area contributed by atoms with Crippen LogP contribution in [0.25, 0.3) is 0 Å². The Kier molecular flexibility index (Phi) is 6.79. The highest BCUT2D eigenvalue weighted by Gasteiger charge is 2.42. The first-order chi connectivity index (χ1) is 12.7. The van der Waals surface area contributed by atoms with E-state index in [1.54, 1.807) is 18.2 Å². The Bertz CT molecular complexity index is 768.